The fourth-order valence-electron chi connectivity index (χ4n) is 1.54. The molecule has 0 saturated carbocycles. The molecule has 2 N–H and O–H groups in total. The first-order valence-electron chi connectivity index (χ1n) is 6.37. The Kier molecular flexibility index (Phi) is 7.25. The second-order valence-corrected chi connectivity index (χ2v) is 5.31. The standard InChI is InChI=1S/C8H8BrNO.C8H8FNO/c2*1-6(10-11)7-3-2-4-8(9)5-7/h2*2-5,11H,1H3. The third kappa shape index (κ3) is 5.65. The number of rotatable bonds is 2. The van der Waals surface area contributed by atoms with Crippen molar-refractivity contribution in [1.29, 1.82) is 0 Å². The second kappa shape index (κ2) is 8.94. The van der Waals surface area contributed by atoms with Crippen molar-refractivity contribution < 1.29 is 14.8 Å². The molecule has 2 aromatic carbocycles. The highest BCUT2D eigenvalue weighted by Crippen LogP contribution is 2.12. The first kappa shape index (κ1) is 17.8. The summed E-state index contributed by atoms with van der Waals surface area (Å²) in [4.78, 5) is 0. The van der Waals surface area contributed by atoms with Gasteiger partial charge in [-0.3, -0.25) is 0 Å². The summed E-state index contributed by atoms with van der Waals surface area (Å²) in [7, 11) is 0. The Balaban J connectivity index is 0.000000220. The third-order valence-corrected chi connectivity index (χ3v) is 3.28. The number of halogens is 2. The SMILES string of the molecule is CC(=NO)c1cccc(Br)c1.CC(=NO)c1cccc(F)c1. The summed E-state index contributed by atoms with van der Waals surface area (Å²) < 4.78 is 13.5. The van der Waals surface area contributed by atoms with Gasteiger partial charge in [0.2, 0.25) is 0 Å². The van der Waals surface area contributed by atoms with E-state index in [0.717, 1.165) is 10.0 Å². The lowest BCUT2D eigenvalue weighted by Crippen LogP contribution is -1.94. The van der Waals surface area contributed by atoms with Gasteiger partial charge in [-0.1, -0.05) is 50.5 Å². The predicted molar refractivity (Wildman–Crippen MR) is 88.5 cm³/mol. The Morgan fingerprint density at radius 1 is 0.909 bits per heavy atom. The van der Waals surface area contributed by atoms with Crippen LogP contribution < -0.4 is 0 Å². The fraction of sp³-hybridized carbons (Fsp3) is 0.125. The fourth-order valence-corrected chi connectivity index (χ4v) is 1.94. The molecule has 0 unspecified atom stereocenters. The van der Waals surface area contributed by atoms with E-state index in [2.05, 4.69) is 26.2 Å². The average molecular weight is 367 g/mol. The second-order valence-electron chi connectivity index (χ2n) is 4.39. The zero-order chi connectivity index (χ0) is 16.5. The van der Waals surface area contributed by atoms with Crippen LogP contribution in [0.15, 0.2) is 63.3 Å². The van der Waals surface area contributed by atoms with Crippen LogP contribution in [0.3, 0.4) is 0 Å². The molecule has 22 heavy (non-hydrogen) atoms. The minimum atomic E-state index is -0.328. The molecule has 0 aliphatic heterocycles. The minimum Gasteiger partial charge on any atom is -0.411 e. The zero-order valence-electron chi connectivity index (χ0n) is 12.2. The summed E-state index contributed by atoms with van der Waals surface area (Å²) in [5, 5.41) is 22.8. The van der Waals surface area contributed by atoms with Gasteiger partial charge < -0.3 is 10.4 Å². The summed E-state index contributed by atoms with van der Waals surface area (Å²) in [5.74, 6) is -0.328. The molecule has 0 amide bonds. The van der Waals surface area contributed by atoms with Crippen molar-refractivity contribution in [2.45, 2.75) is 13.8 Å². The van der Waals surface area contributed by atoms with E-state index in [9.17, 15) is 4.39 Å². The van der Waals surface area contributed by atoms with Crippen LogP contribution in [0.1, 0.15) is 25.0 Å². The lowest BCUT2D eigenvalue weighted by Gasteiger charge is -1.97. The Hall–Kier alpha value is -2.21. The van der Waals surface area contributed by atoms with Gasteiger partial charge in [0.15, 0.2) is 0 Å². The first-order valence-corrected chi connectivity index (χ1v) is 7.16. The van der Waals surface area contributed by atoms with Crippen molar-refractivity contribution in [3.63, 3.8) is 0 Å². The van der Waals surface area contributed by atoms with Crippen molar-refractivity contribution >= 4 is 27.4 Å². The van der Waals surface area contributed by atoms with E-state index in [1.54, 1.807) is 26.0 Å². The number of oxime groups is 2. The number of hydrogen-bond donors (Lipinski definition) is 2. The van der Waals surface area contributed by atoms with Gasteiger partial charge in [0.25, 0.3) is 0 Å². The van der Waals surface area contributed by atoms with Crippen LogP contribution in [0, 0.1) is 5.82 Å². The molecule has 6 heteroatoms. The molecular weight excluding hydrogens is 351 g/mol. The van der Waals surface area contributed by atoms with E-state index < -0.39 is 0 Å². The van der Waals surface area contributed by atoms with E-state index in [1.165, 1.54) is 12.1 Å². The number of hydrogen-bond acceptors (Lipinski definition) is 4. The molecule has 0 atom stereocenters. The Labute approximate surface area is 136 Å². The molecule has 0 bridgehead atoms. The van der Waals surface area contributed by atoms with Gasteiger partial charge in [-0.2, -0.15) is 0 Å². The molecule has 116 valence electrons. The smallest absolute Gasteiger partial charge is 0.123 e. The van der Waals surface area contributed by atoms with Crippen LogP contribution in [-0.2, 0) is 0 Å². The maximum absolute atomic E-state index is 12.5. The van der Waals surface area contributed by atoms with Gasteiger partial charge in [0.1, 0.15) is 5.82 Å². The molecule has 0 aliphatic carbocycles. The Morgan fingerprint density at radius 3 is 1.86 bits per heavy atom. The lowest BCUT2D eigenvalue weighted by atomic mass is 10.1. The molecular formula is C16H16BrFN2O2. The Bertz CT molecular complexity index is 628. The number of benzene rings is 2. The average Bonchev–Trinajstić information content (AvgIpc) is 2.54. The van der Waals surface area contributed by atoms with Crippen molar-refractivity contribution in [3.05, 3.63) is 69.9 Å². The highest BCUT2D eigenvalue weighted by Gasteiger charge is 1.97. The summed E-state index contributed by atoms with van der Waals surface area (Å²) in [6.07, 6.45) is 0. The largest absolute Gasteiger partial charge is 0.411 e. The highest BCUT2D eigenvalue weighted by atomic mass is 79.9. The van der Waals surface area contributed by atoms with Gasteiger partial charge in [0.05, 0.1) is 11.4 Å². The van der Waals surface area contributed by atoms with Crippen molar-refractivity contribution in [1.82, 2.24) is 0 Å². The quantitative estimate of drug-likeness (QED) is 0.460. The summed E-state index contributed by atoms with van der Waals surface area (Å²) in [5.41, 5.74) is 2.53. The third-order valence-electron chi connectivity index (χ3n) is 2.78. The molecule has 0 radical (unpaired) electrons. The van der Waals surface area contributed by atoms with Crippen molar-refractivity contribution in [3.8, 4) is 0 Å². The Morgan fingerprint density at radius 2 is 1.41 bits per heavy atom. The number of nitrogens with zero attached hydrogens (tertiary/aromatic N) is 2. The van der Waals surface area contributed by atoms with Gasteiger partial charge in [-0.25, -0.2) is 4.39 Å². The maximum atomic E-state index is 12.5. The molecule has 4 nitrogen and oxygen atoms in total. The van der Waals surface area contributed by atoms with Crippen LogP contribution in [-0.4, -0.2) is 21.8 Å². The van der Waals surface area contributed by atoms with E-state index >= 15 is 0 Å². The summed E-state index contributed by atoms with van der Waals surface area (Å²) in [6.45, 7) is 3.36. The van der Waals surface area contributed by atoms with Crippen molar-refractivity contribution in [2.24, 2.45) is 10.3 Å². The molecule has 0 spiro atoms. The zero-order valence-corrected chi connectivity index (χ0v) is 13.7. The van der Waals surface area contributed by atoms with E-state index in [4.69, 9.17) is 10.4 Å². The molecule has 0 heterocycles. The highest BCUT2D eigenvalue weighted by molar-refractivity contribution is 9.10. The summed E-state index contributed by atoms with van der Waals surface area (Å²) >= 11 is 3.32. The topological polar surface area (TPSA) is 65.2 Å². The minimum absolute atomic E-state index is 0.328. The van der Waals surface area contributed by atoms with E-state index in [0.29, 0.717) is 17.0 Å². The van der Waals surface area contributed by atoms with Gasteiger partial charge in [-0.05, 0) is 38.1 Å². The molecule has 0 aliphatic rings. The molecule has 0 fully saturated rings. The van der Waals surface area contributed by atoms with Crippen LogP contribution >= 0.6 is 15.9 Å². The maximum Gasteiger partial charge on any atom is 0.123 e. The van der Waals surface area contributed by atoms with Crippen LogP contribution in [0.2, 0.25) is 0 Å². The van der Waals surface area contributed by atoms with Gasteiger partial charge in [0, 0.05) is 15.6 Å². The van der Waals surface area contributed by atoms with Gasteiger partial charge >= 0.3 is 0 Å². The van der Waals surface area contributed by atoms with E-state index in [1.807, 2.05) is 24.3 Å². The first-order chi connectivity index (χ1) is 10.5. The molecule has 2 aromatic rings. The normalized spacial score (nSPS) is 11.6. The van der Waals surface area contributed by atoms with Crippen LogP contribution in [0.25, 0.3) is 0 Å². The van der Waals surface area contributed by atoms with Crippen LogP contribution in [0.4, 0.5) is 4.39 Å². The lowest BCUT2D eigenvalue weighted by molar-refractivity contribution is 0.319. The van der Waals surface area contributed by atoms with Crippen molar-refractivity contribution in [2.75, 3.05) is 0 Å². The molecule has 0 aromatic heterocycles. The van der Waals surface area contributed by atoms with Gasteiger partial charge in [-0.15, -0.1) is 0 Å². The van der Waals surface area contributed by atoms with Crippen LogP contribution in [0.5, 0.6) is 0 Å². The predicted octanol–water partition coefficient (Wildman–Crippen LogP) is 4.67. The summed E-state index contributed by atoms with van der Waals surface area (Å²) in [6, 6.07) is 13.5. The molecule has 2 rings (SSSR count). The monoisotopic (exact) mass is 366 g/mol. The van der Waals surface area contributed by atoms with E-state index in [-0.39, 0.29) is 5.82 Å². The molecule has 0 saturated heterocycles.